The summed E-state index contributed by atoms with van der Waals surface area (Å²) in [7, 11) is 1.69. The molecule has 1 aromatic rings. The minimum absolute atomic E-state index is 0.0969. The Morgan fingerprint density at radius 1 is 1.48 bits per heavy atom. The van der Waals surface area contributed by atoms with Crippen LogP contribution in [0.3, 0.4) is 0 Å². The number of amides is 3. The van der Waals surface area contributed by atoms with Gasteiger partial charge in [-0.25, -0.2) is 0 Å². The van der Waals surface area contributed by atoms with Crippen LogP contribution in [0.15, 0.2) is 29.0 Å². The molecule has 0 radical (unpaired) electrons. The highest BCUT2D eigenvalue weighted by Crippen LogP contribution is 2.52. The van der Waals surface area contributed by atoms with E-state index in [0.29, 0.717) is 31.9 Å². The van der Waals surface area contributed by atoms with Crippen molar-refractivity contribution in [1.82, 2.24) is 20.3 Å². The van der Waals surface area contributed by atoms with Crippen LogP contribution < -0.4 is 5.32 Å². The molecule has 2 fully saturated rings. The Kier molecular flexibility index (Phi) is 4.26. The molecule has 0 saturated carbocycles. The van der Waals surface area contributed by atoms with Crippen molar-refractivity contribution in [3.63, 3.8) is 0 Å². The molecule has 2 unspecified atom stereocenters. The van der Waals surface area contributed by atoms with E-state index in [-0.39, 0.29) is 23.8 Å². The van der Waals surface area contributed by atoms with E-state index in [4.69, 9.17) is 9.26 Å². The molecule has 4 rings (SSSR count). The van der Waals surface area contributed by atoms with Crippen molar-refractivity contribution in [3.05, 3.63) is 30.2 Å². The number of hydrogen-bond donors (Lipinski definition) is 1. The molecule has 27 heavy (non-hydrogen) atoms. The number of likely N-dealkylation sites (tertiary alicyclic amines) is 1. The quantitative estimate of drug-likeness (QED) is 0.677. The van der Waals surface area contributed by atoms with Gasteiger partial charge in [-0.1, -0.05) is 17.3 Å². The third kappa shape index (κ3) is 2.91. The van der Waals surface area contributed by atoms with Gasteiger partial charge in [0.1, 0.15) is 17.6 Å². The third-order valence-corrected chi connectivity index (χ3v) is 5.49. The fourth-order valence-corrected chi connectivity index (χ4v) is 4.31. The lowest BCUT2D eigenvalue weighted by atomic mass is 9.76. The standard InChI is InChI=1S/C18H22N4O5/c1-11(23)19-6-7-22-10-18-5-3-13(27-18)14(15(18)17(22)25)16(24)21(2)9-12-4-8-26-20-12/h3-5,8,13-15H,6-7,9-10H2,1-2H3,(H,19,23)/t13-,14?,15?,18-/m1/s1. The van der Waals surface area contributed by atoms with Crippen molar-refractivity contribution in [2.45, 2.75) is 25.2 Å². The lowest BCUT2D eigenvalue weighted by Crippen LogP contribution is -2.44. The van der Waals surface area contributed by atoms with E-state index in [2.05, 4.69) is 10.5 Å². The lowest BCUT2D eigenvalue weighted by Gasteiger charge is -2.27. The van der Waals surface area contributed by atoms with E-state index >= 15 is 0 Å². The van der Waals surface area contributed by atoms with Crippen molar-refractivity contribution in [2.75, 3.05) is 26.7 Å². The van der Waals surface area contributed by atoms with Gasteiger partial charge in [0.2, 0.25) is 17.7 Å². The largest absolute Gasteiger partial charge is 0.364 e. The second-order valence-corrected chi connectivity index (χ2v) is 7.33. The van der Waals surface area contributed by atoms with Gasteiger partial charge in [0, 0.05) is 33.1 Å². The molecule has 9 heteroatoms. The van der Waals surface area contributed by atoms with Crippen LogP contribution >= 0.6 is 0 Å². The van der Waals surface area contributed by atoms with Crippen LogP contribution in [0.1, 0.15) is 12.6 Å². The van der Waals surface area contributed by atoms with Gasteiger partial charge in [0.15, 0.2) is 0 Å². The van der Waals surface area contributed by atoms with Crippen molar-refractivity contribution in [3.8, 4) is 0 Å². The van der Waals surface area contributed by atoms with Crippen LogP contribution in [0.25, 0.3) is 0 Å². The van der Waals surface area contributed by atoms with Gasteiger partial charge in [-0.2, -0.15) is 0 Å². The number of ether oxygens (including phenoxy) is 1. The Morgan fingerprint density at radius 2 is 2.30 bits per heavy atom. The maximum atomic E-state index is 13.1. The van der Waals surface area contributed by atoms with Gasteiger partial charge in [-0.15, -0.1) is 0 Å². The van der Waals surface area contributed by atoms with Gasteiger partial charge >= 0.3 is 0 Å². The smallest absolute Gasteiger partial charge is 0.230 e. The summed E-state index contributed by atoms with van der Waals surface area (Å²) in [5.74, 6) is -1.46. The first kappa shape index (κ1) is 17.7. The topological polar surface area (TPSA) is 105 Å². The molecule has 0 aromatic carbocycles. The summed E-state index contributed by atoms with van der Waals surface area (Å²) >= 11 is 0. The number of aromatic nitrogens is 1. The zero-order chi connectivity index (χ0) is 19.2. The first-order valence-electron chi connectivity index (χ1n) is 8.96. The molecule has 0 aliphatic carbocycles. The van der Waals surface area contributed by atoms with Crippen LogP contribution in [0.2, 0.25) is 0 Å². The second-order valence-electron chi connectivity index (χ2n) is 7.33. The second kappa shape index (κ2) is 6.49. The third-order valence-electron chi connectivity index (χ3n) is 5.49. The van der Waals surface area contributed by atoms with Crippen LogP contribution in [0.5, 0.6) is 0 Å². The van der Waals surface area contributed by atoms with Crippen molar-refractivity contribution >= 4 is 17.7 Å². The number of hydrogen-bond acceptors (Lipinski definition) is 6. The highest BCUT2D eigenvalue weighted by atomic mass is 16.5. The summed E-state index contributed by atoms with van der Waals surface area (Å²) in [6.07, 6.45) is 4.87. The SMILES string of the molecule is CC(=O)NCCN1C[C@@]23C=C[C@@H](O2)C(C(=O)N(C)Cc2ccon2)C3C1=O. The van der Waals surface area contributed by atoms with E-state index in [1.807, 2.05) is 12.2 Å². The molecular weight excluding hydrogens is 352 g/mol. The summed E-state index contributed by atoms with van der Waals surface area (Å²) in [5, 5.41) is 6.52. The number of carbonyl (C=O) groups excluding carboxylic acids is 3. The molecule has 144 valence electrons. The molecule has 1 spiro atoms. The minimum atomic E-state index is -0.743. The molecule has 2 bridgehead atoms. The maximum absolute atomic E-state index is 13.1. The zero-order valence-corrected chi connectivity index (χ0v) is 15.3. The zero-order valence-electron chi connectivity index (χ0n) is 15.3. The summed E-state index contributed by atoms with van der Waals surface area (Å²) in [5.41, 5.74) is -0.0950. The number of carbonyl (C=O) groups is 3. The van der Waals surface area contributed by atoms with Gasteiger partial charge in [0.05, 0.1) is 31.0 Å². The first-order valence-corrected chi connectivity index (χ1v) is 8.96. The van der Waals surface area contributed by atoms with Gasteiger partial charge in [0.25, 0.3) is 0 Å². The number of nitrogens with zero attached hydrogens (tertiary/aromatic N) is 3. The van der Waals surface area contributed by atoms with E-state index in [0.717, 1.165) is 0 Å². The van der Waals surface area contributed by atoms with Crippen molar-refractivity contribution in [1.29, 1.82) is 0 Å². The normalized spacial score (nSPS) is 30.7. The number of nitrogens with one attached hydrogen (secondary N) is 1. The molecule has 4 heterocycles. The fourth-order valence-electron chi connectivity index (χ4n) is 4.31. The Balaban J connectivity index is 1.48. The molecular formula is C18H22N4O5. The highest BCUT2D eigenvalue weighted by molar-refractivity contribution is 5.93. The average Bonchev–Trinajstić information content (AvgIpc) is 3.37. The van der Waals surface area contributed by atoms with Crippen molar-refractivity contribution in [2.24, 2.45) is 11.8 Å². The Bertz CT molecular complexity index is 792. The number of rotatable bonds is 6. The predicted molar refractivity (Wildman–Crippen MR) is 92.0 cm³/mol. The monoisotopic (exact) mass is 374 g/mol. The van der Waals surface area contributed by atoms with Gasteiger partial charge in [-0.05, 0) is 0 Å². The van der Waals surface area contributed by atoms with Crippen LogP contribution in [0, 0.1) is 11.8 Å². The van der Waals surface area contributed by atoms with Gasteiger partial charge in [-0.3, -0.25) is 14.4 Å². The van der Waals surface area contributed by atoms with Gasteiger partial charge < -0.3 is 24.4 Å². The van der Waals surface area contributed by atoms with Crippen LogP contribution in [-0.4, -0.2) is 71.1 Å². The molecule has 1 N–H and O–H groups in total. The summed E-state index contributed by atoms with van der Waals surface area (Å²) in [6.45, 7) is 2.92. The predicted octanol–water partition coefficient (Wildman–Crippen LogP) is -0.449. The van der Waals surface area contributed by atoms with E-state index < -0.39 is 17.4 Å². The summed E-state index contributed by atoms with van der Waals surface area (Å²) in [4.78, 5) is 40.4. The lowest BCUT2D eigenvalue weighted by molar-refractivity contribution is -0.142. The van der Waals surface area contributed by atoms with E-state index in [1.165, 1.54) is 13.2 Å². The molecule has 3 amide bonds. The van der Waals surface area contributed by atoms with E-state index in [1.54, 1.807) is 22.9 Å². The van der Waals surface area contributed by atoms with Crippen LogP contribution in [-0.2, 0) is 25.7 Å². The Hall–Kier alpha value is -2.68. The molecule has 3 aliphatic rings. The molecule has 4 atom stereocenters. The van der Waals surface area contributed by atoms with E-state index in [9.17, 15) is 14.4 Å². The molecule has 1 aromatic heterocycles. The van der Waals surface area contributed by atoms with Crippen LogP contribution in [0.4, 0.5) is 0 Å². The Labute approximate surface area is 156 Å². The fraction of sp³-hybridized carbons (Fsp3) is 0.556. The molecule has 2 saturated heterocycles. The number of fused-ring (bicyclic) bond motifs is 1. The average molecular weight is 374 g/mol. The highest BCUT2D eigenvalue weighted by Gasteiger charge is 2.66. The van der Waals surface area contributed by atoms with Crippen molar-refractivity contribution < 1.29 is 23.6 Å². The summed E-state index contributed by atoms with van der Waals surface area (Å²) in [6, 6.07) is 1.70. The minimum Gasteiger partial charge on any atom is -0.364 e. The molecule has 9 nitrogen and oxygen atoms in total. The first-order chi connectivity index (χ1) is 12.9. The summed E-state index contributed by atoms with van der Waals surface area (Å²) < 4.78 is 10.9. The maximum Gasteiger partial charge on any atom is 0.230 e. The molecule has 3 aliphatic heterocycles. The Morgan fingerprint density at radius 3 is 3.00 bits per heavy atom.